The second-order valence-electron chi connectivity index (χ2n) is 5.09. The summed E-state index contributed by atoms with van der Waals surface area (Å²) in [4.78, 5) is 16.9. The lowest BCUT2D eigenvalue weighted by atomic mass is 10.1. The summed E-state index contributed by atoms with van der Waals surface area (Å²) in [6, 6.07) is 14.4. The molecule has 2 heterocycles. The first-order chi connectivity index (χ1) is 10.7. The molecular formula is C17H12N2O3. The number of aromatic hydroxyl groups is 1. The number of aryl methyl sites for hydroxylation is 1. The van der Waals surface area contributed by atoms with Crippen LogP contribution in [0.1, 0.15) is 0 Å². The number of benzene rings is 2. The molecule has 2 aromatic carbocycles. The molecule has 0 aliphatic heterocycles. The monoisotopic (exact) mass is 292 g/mol. The molecule has 2 aromatic heterocycles. The van der Waals surface area contributed by atoms with E-state index < -0.39 is 0 Å². The third-order valence-corrected chi connectivity index (χ3v) is 3.78. The SMILES string of the molecule is Cn1c(=O)c(-c2nc3ccccc3o2)c(O)c2ccccc21. The quantitative estimate of drug-likeness (QED) is 0.585. The fourth-order valence-electron chi connectivity index (χ4n) is 2.65. The van der Waals surface area contributed by atoms with E-state index in [1.807, 2.05) is 24.3 Å². The topological polar surface area (TPSA) is 68.3 Å². The summed E-state index contributed by atoms with van der Waals surface area (Å²) in [6.07, 6.45) is 0. The van der Waals surface area contributed by atoms with E-state index in [4.69, 9.17) is 4.42 Å². The Hall–Kier alpha value is -3.08. The fraction of sp³-hybridized carbons (Fsp3) is 0.0588. The lowest BCUT2D eigenvalue weighted by molar-refractivity contribution is 0.478. The molecule has 0 aliphatic carbocycles. The van der Waals surface area contributed by atoms with Gasteiger partial charge in [-0.1, -0.05) is 24.3 Å². The molecule has 0 amide bonds. The van der Waals surface area contributed by atoms with Crippen molar-refractivity contribution in [3.8, 4) is 17.2 Å². The number of pyridine rings is 1. The van der Waals surface area contributed by atoms with Gasteiger partial charge in [0.05, 0.1) is 5.52 Å². The number of nitrogens with zero attached hydrogens (tertiary/aromatic N) is 2. The van der Waals surface area contributed by atoms with Crippen molar-refractivity contribution in [3.05, 3.63) is 58.9 Å². The van der Waals surface area contributed by atoms with Crippen molar-refractivity contribution in [2.45, 2.75) is 0 Å². The third-order valence-electron chi connectivity index (χ3n) is 3.78. The molecule has 0 aliphatic rings. The van der Waals surface area contributed by atoms with E-state index in [0.29, 0.717) is 22.0 Å². The van der Waals surface area contributed by atoms with Gasteiger partial charge in [-0.25, -0.2) is 4.98 Å². The molecule has 1 N–H and O–H groups in total. The van der Waals surface area contributed by atoms with E-state index in [2.05, 4.69) is 4.98 Å². The second kappa shape index (κ2) is 4.46. The van der Waals surface area contributed by atoms with Gasteiger partial charge in [-0.15, -0.1) is 0 Å². The molecule has 4 rings (SSSR count). The lowest BCUT2D eigenvalue weighted by Gasteiger charge is -2.09. The van der Waals surface area contributed by atoms with Crippen molar-refractivity contribution in [2.75, 3.05) is 0 Å². The highest BCUT2D eigenvalue weighted by Crippen LogP contribution is 2.33. The van der Waals surface area contributed by atoms with E-state index in [9.17, 15) is 9.90 Å². The Balaban J connectivity index is 2.12. The van der Waals surface area contributed by atoms with Crippen LogP contribution >= 0.6 is 0 Å². The van der Waals surface area contributed by atoms with Crippen LogP contribution in [-0.2, 0) is 7.05 Å². The van der Waals surface area contributed by atoms with Crippen molar-refractivity contribution in [1.82, 2.24) is 9.55 Å². The number of fused-ring (bicyclic) bond motifs is 2. The van der Waals surface area contributed by atoms with Crippen LogP contribution in [0.15, 0.2) is 57.7 Å². The smallest absolute Gasteiger partial charge is 0.267 e. The second-order valence-corrected chi connectivity index (χ2v) is 5.09. The molecule has 0 saturated carbocycles. The highest BCUT2D eigenvalue weighted by Gasteiger charge is 2.20. The zero-order valence-corrected chi connectivity index (χ0v) is 11.8. The van der Waals surface area contributed by atoms with Gasteiger partial charge in [0.2, 0.25) is 5.89 Å². The van der Waals surface area contributed by atoms with Gasteiger partial charge in [-0.2, -0.15) is 0 Å². The summed E-state index contributed by atoms with van der Waals surface area (Å²) < 4.78 is 7.12. The molecule has 5 heteroatoms. The Labute approximate surface area is 125 Å². The number of oxazole rings is 1. The molecule has 0 bridgehead atoms. The zero-order chi connectivity index (χ0) is 15.3. The Kier molecular flexibility index (Phi) is 2.56. The molecule has 0 fully saturated rings. The van der Waals surface area contributed by atoms with Crippen molar-refractivity contribution >= 4 is 22.0 Å². The third kappa shape index (κ3) is 1.65. The van der Waals surface area contributed by atoms with Crippen LogP contribution in [-0.4, -0.2) is 14.7 Å². The van der Waals surface area contributed by atoms with Crippen molar-refractivity contribution < 1.29 is 9.52 Å². The number of aromatic nitrogens is 2. The predicted molar refractivity (Wildman–Crippen MR) is 83.9 cm³/mol. The summed E-state index contributed by atoms with van der Waals surface area (Å²) in [7, 11) is 1.66. The van der Waals surface area contributed by atoms with E-state index in [0.717, 1.165) is 0 Å². The zero-order valence-electron chi connectivity index (χ0n) is 11.8. The van der Waals surface area contributed by atoms with Crippen molar-refractivity contribution in [2.24, 2.45) is 7.05 Å². The van der Waals surface area contributed by atoms with Gasteiger partial charge in [0, 0.05) is 12.4 Å². The predicted octanol–water partition coefficient (Wildman–Crippen LogP) is 3.05. The Morgan fingerprint density at radius 3 is 2.64 bits per heavy atom. The van der Waals surface area contributed by atoms with E-state index in [1.54, 1.807) is 31.3 Å². The van der Waals surface area contributed by atoms with Gasteiger partial charge in [0.1, 0.15) is 16.8 Å². The summed E-state index contributed by atoms with van der Waals surface area (Å²) in [5, 5.41) is 11.1. The minimum Gasteiger partial charge on any atom is -0.506 e. The molecule has 108 valence electrons. The van der Waals surface area contributed by atoms with Crippen LogP contribution in [0.2, 0.25) is 0 Å². The normalized spacial score (nSPS) is 11.3. The van der Waals surface area contributed by atoms with Crippen molar-refractivity contribution in [1.29, 1.82) is 0 Å². The molecule has 0 atom stereocenters. The van der Waals surface area contributed by atoms with Crippen LogP contribution in [0, 0.1) is 0 Å². The van der Waals surface area contributed by atoms with Crippen LogP contribution in [0.3, 0.4) is 0 Å². The van der Waals surface area contributed by atoms with Crippen LogP contribution in [0.5, 0.6) is 5.75 Å². The van der Waals surface area contributed by atoms with E-state index in [-0.39, 0.29) is 22.8 Å². The first-order valence-corrected chi connectivity index (χ1v) is 6.83. The average Bonchev–Trinajstić information content (AvgIpc) is 2.96. The van der Waals surface area contributed by atoms with E-state index >= 15 is 0 Å². The summed E-state index contributed by atoms with van der Waals surface area (Å²) in [5.74, 6) is 0.0234. The maximum Gasteiger partial charge on any atom is 0.267 e. The van der Waals surface area contributed by atoms with E-state index in [1.165, 1.54) is 4.57 Å². The first kappa shape index (κ1) is 12.6. The standard InChI is InChI=1S/C17H12N2O3/c1-19-12-8-4-2-6-10(12)15(20)14(17(19)21)16-18-11-7-3-5-9-13(11)22-16/h2-9,20H,1H3. The number of hydrogen-bond acceptors (Lipinski definition) is 4. The highest BCUT2D eigenvalue weighted by molar-refractivity contribution is 5.91. The van der Waals surface area contributed by atoms with Gasteiger partial charge < -0.3 is 14.1 Å². The molecule has 0 saturated heterocycles. The minimum atomic E-state index is -0.345. The molecule has 0 radical (unpaired) electrons. The van der Waals surface area contributed by atoms with Gasteiger partial charge in [0.25, 0.3) is 5.56 Å². The Morgan fingerprint density at radius 2 is 1.82 bits per heavy atom. The molecule has 4 aromatic rings. The number of para-hydroxylation sites is 3. The largest absolute Gasteiger partial charge is 0.506 e. The van der Waals surface area contributed by atoms with Crippen LogP contribution < -0.4 is 5.56 Å². The summed E-state index contributed by atoms with van der Waals surface area (Å²) >= 11 is 0. The maximum atomic E-state index is 12.6. The summed E-state index contributed by atoms with van der Waals surface area (Å²) in [6.45, 7) is 0. The van der Waals surface area contributed by atoms with Gasteiger partial charge in [-0.3, -0.25) is 4.79 Å². The van der Waals surface area contributed by atoms with Gasteiger partial charge in [-0.05, 0) is 24.3 Å². The molecular weight excluding hydrogens is 280 g/mol. The molecule has 22 heavy (non-hydrogen) atoms. The van der Waals surface area contributed by atoms with Crippen LogP contribution in [0.25, 0.3) is 33.5 Å². The lowest BCUT2D eigenvalue weighted by Crippen LogP contribution is -2.19. The molecule has 0 spiro atoms. The maximum absolute atomic E-state index is 12.6. The number of rotatable bonds is 1. The number of hydrogen-bond donors (Lipinski definition) is 1. The average molecular weight is 292 g/mol. The Bertz CT molecular complexity index is 1040. The summed E-state index contributed by atoms with van der Waals surface area (Å²) in [5.41, 5.74) is 1.62. The minimum absolute atomic E-state index is 0.0809. The first-order valence-electron chi connectivity index (χ1n) is 6.83. The van der Waals surface area contributed by atoms with Gasteiger partial charge >= 0.3 is 0 Å². The Morgan fingerprint density at radius 1 is 1.09 bits per heavy atom. The van der Waals surface area contributed by atoms with Crippen molar-refractivity contribution in [3.63, 3.8) is 0 Å². The fourth-order valence-corrected chi connectivity index (χ4v) is 2.65. The molecule has 0 unspecified atom stereocenters. The van der Waals surface area contributed by atoms with Crippen LogP contribution in [0.4, 0.5) is 0 Å². The van der Waals surface area contributed by atoms with Gasteiger partial charge in [0.15, 0.2) is 5.58 Å². The molecule has 5 nitrogen and oxygen atoms in total. The highest BCUT2D eigenvalue weighted by atomic mass is 16.4.